The first-order valence-electron chi connectivity index (χ1n) is 5.55. The van der Waals surface area contributed by atoms with Crippen molar-refractivity contribution in [3.8, 4) is 0 Å². The van der Waals surface area contributed by atoms with E-state index in [-0.39, 0.29) is 17.9 Å². The van der Waals surface area contributed by atoms with Crippen LogP contribution in [0, 0.1) is 11.3 Å². The Hall–Kier alpha value is -1.49. The largest absolute Gasteiger partial charge is 0.467 e. The van der Waals surface area contributed by atoms with Crippen LogP contribution in [0.5, 0.6) is 0 Å². The Morgan fingerprint density at radius 1 is 1.65 bits per heavy atom. The summed E-state index contributed by atoms with van der Waals surface area (Å²) in [5.41, 5.74) is -1.65. The molecule has 0 aromatic rings. The third-order valence-electron chi connectivity index (χ3n) is 2.85. The van der Waals surface area contributed by atoms with Crippen molar-refractivity contribution in [1.29, 1.82) is 5.41 Å². The van der Waals surface area contributed by atoms with Gasteiger partial charge < -0.3 is 15.3 Å². The maximum absolute atomic E-state index is 11.8. The molecule has 0 aromatic heterocycles. The van der Waals surface area contributed by atoms with Crippen molar-refractivity contribution >= 4 is 17.5 Å². The molecule has 0 saturated carbocycles. The van der Waals surface area contributed by atoms with Crippen LogP contribution in [0.4, 0.5) is 0 Å². The molecule has 0 heterocycles. The second kappa shape index (κ2) is 5.23. The SMILES string of the molecule is CCCC(=O)C1CC(O)(C(=O)OC)C=CC1=N. The molecule has 0 saturated heterocycles. The Morgan fingerprint density at radius 2 is 2.29 bits per heavy atom. The summed E-state index contributed by atoms with van der Waals surface area (Å²) >= 11 is 0. The molecule has 5 nitrogen and oxygen atoms in total. The number of aliphatic hydroxyl groups is 1. The molecule has 0 fully saturated rings. The van der Waals surface area contributed by atoms with Crippen LogP contribution in [0.2, 0.25) is 0 Å². The molecule has 2 N–H and O–H groups in total. The number of nitrogens with one attached hydrogen (secondary N) is 1. The molecule has 5 heteroatoms. The fourth-order valence-electron chi connectivity index (χ4n) is 1.87. The molecule has 2 atom stereocenters. The van der Waals surface area contributed by atoms with Crippen molar-refractivity contribution < 1.29 is 19.4 Å². The Labute approximate surface area is 100.0 Å². The van der Waals surface area contributed by atoms with Crippen LogP contribution in [0.25, 0.3) is 0 Å². The standard InChI is InChI=1S/C12H17NO4/c1-3-4-10(14)8-7-12(16,11(15)17-2)6-5-9(8)13/h5-6,8,13,16H,3-4,7H2,1-2H3. The van der Waals surface area contributed by atoms with E-state index >= 15 is 0 Å². The van der Waals surface area contributed by atoms with E-state index in [1.165, 1.54) is 19.3 Å². The van der Waals surface area contributed by atoms with Crippen LogP contribution in [0.1, 0.15) is 26.2 Å². The minimum atomic E-state index is -1.78. The Bertz CT molecular complexity index is 375. The van der Waals surface area contributed by atoms with Crippen LogP contribution in [-0.4, -0.2) is 35.3 Å². The van der Waals surface area contributed by atoms with Gasteiger partial charge in [0, 0.05) is 18.6 Å². The van der Waals surface area contributed by atoms with Crippen molar-refractivity contribution in [3.63, 3.8) is 0 Å². The number of rotatable bonds is 4. The van der Waals surface area contributed by atoms with Gasteiger partial charge in [0.25, 0.3) is 0 Å². The molecule has 0 bridgehead atoms. The zero-order chi connectivity index (χ0) is 13.1. The van der Waals surface area contributed by atoms with Gasteiger partial charge in [0.1, 0.15) is 5.78 Å². The normalized spacial score (nSPS) is 27.9. The summed E-state index contributed by atoms with van der Waals surface area (Å²) in [6.45, 7) is 1.87. The van der Waals surface area contributed by atoms with Crippen LogP contribution in [0.3, 0.4) is 0 Å². The first kappa shape index (κ1) is 13.6. The number of carbonyl (C=O) groups excluding carboxylic acids is 2. The average Bonchev–Trinajstić information content (AvgIpc) is 2.31. The topological polar surface area (TPSA) is 87.4 Å². The lowest BCUT2D eigenvalue weighted by Gasteiger charge is -2.29. The van der Waals surface area contributed by atoms with Crippen molar-refractivity contribution in [1.82, 2.24) is 0 Å². The zero-order valence-corrected chi connectivity index (χ0v) is 10.0. The lowest BCUT2D eigenvalue weighted by atomic mass is 9.79. The summed E-state index contributed by atoms with van der Waals surface area (Å²) in [5.74, 6) is -1.64. The van der Waals surface area contributed by atoms with E-state index in [9.17, 15) is 14.7 Å². The molecule has 1 rings (SSSR count). The molecule has 0 radical (unpaired) electrons. The van der Waals surface area contributed by atoms with Gasteiger partial charge in [-0.15, -0.1) is 0 Å². The number of allylic oxidation sites excluding steroid dienone is 1. The van der Waals surface area contributed by atoms with Crippen LogP contribution < -0.4 is 0 Å². The van der Waals surface area contributed by atoms with Crippen LogP contribution in [0.15, 0.2) is 12.2 Å². The lowest BCUT2D eigenvalue weighted by molar-refractivity contribution is -0.158. The van der Waals surface area contributed by atoms with Crippen molar-refractivity contribution in [2.45, 2.75) is 31.8 Å². The molecule has 0 spiro atoms. The number of hydrogen-bond acceptors (Lipinski definition) is 5. The maximum atomic E-state index is 11.8. The fraction of sp³-hybridized carbons (Fsp3) is 0.583. The second-order valence-electron chi connectivity index (χ2n) is 4.18. The zero-order valence-electron chi connectivity index (χ0n) is 10.0. The van der Waals surface area contributed by atoms with E-state index in [2.05, 4.69) is 4.74 Å². The van der Waals surface area contributed by atoms with Gasteiger partial charge in [-0.1, -0.05) is 6.92 Å². The number of esters is 1. The van der Waals surface area contributed by atoms with E-state index in [1.807, 2.05) is 6.92 Å². The molecule has 17 heavy (non-hydrogen) atoms. The van der Waals surface area contributed by atoms with Gasteiger partial charge in [-0.05, 0) is 18.6 Å². The Kier molecular flexibility index (Phi) is 4.17. The Morgan fingerprint density at radius 3 is 2.82 bits per heavy atom. The number of methoxy groups -OCH3 is 1. The molecule has 0 aromatic carbocycles. The second-order valence-corrected chi connectivity index (χ2v) is 4.18. The summed E-state index contributed by atoms with van der Waals surface area (Å²) in [6.07, 6.45) is 3.45. The van der Waals surface area contributed by atoms with Crippen LogP contribution >= 0.6 is 0 Å². The van der Waals surface area contributed by atoms with Gasteiger partial charge >= 0.3 is 5.97 Å². The molecular formula is C12H17NO4. The van der Waals surface area contributed by atoms with E-state index in [0.29, 0.717) is 12.8 Å². The lowest BCUT2D eigenvalue weighted by Crippen LogP contribution is -2.45. The van der Waals surface area contributed by atoms with Gasteiger partial charge in [0.15, 0.2) is 5.60 Å². The van der Waals surface area contributed by atoms with Crippen molar-refractivity contribution in [3.05, 3.63) is 12.2 Å². The van der Waals surface area contributed by atoms with Crippen molar-refractivity contribution in [2.24, 2.45) is 5.92 Å². The molecule has 1 aliphatic carbocycles. The average molecular weight is 239 g/mol. The molecule has 0 aliphatic heterocycles. The highest BCUT2D eigenvalue weighted by Crippen LogP contribution is 2.28. The quantitative estimate of drug-likeness (QED) is 0.712. The number of carbonyl (C=O) groups is 2. The fourth-order valence-corrected chi connectivity index (χ4v) is 1.87. The van der Waals surface area contributed by atoms with E-state index in [4.69, 9.17) is 5.41 Å². The van der Waals surface area contributed by atoms with E-state index in [0.717, 1.165) is 0 Å². The maximum Gasteiger partial charge on any atom is 0.341 e. The molecule has 2 unspecified atom stereocenters. The minimum absolute atomic E-state index is 0.103. The summed E-state index contributed by atoms with van der Waals surface area (Å²) in [7, 11) is 1.18. The van der Waals surface area contributed by atoms with Crippen molar-refractivity contribution in [2.75, 3.05) is 7.11 Å². The minimum Gasteiger partial charge on any atom is -0.467 e. The Balaban J connectivity index is 2.91. The van der Waals surface area contributed by atoms with E-state index in [1.54, 1.807) is 0 Å². The molecular weight excluding hydrogens is 222 g/mol. The predicted octanol–water partition coefficient (Wildman–Crippen LogP) is 0.856. The monoisotopic (exact) mass is 239 g/mol. The molecule has 94 valence electrons. The predicted molar refractivity (Wildman–Crippen MR) is 61.9 cm³/mol. The number of hydrogen-bond donors (Lipinski definition) is 2. The molecule has 1 aliphatic rings. The third kappa shape index (κ3) is 2.79. The highest BCUT2D eigenvalue weighted by atomic mass is 16.5. The van der Waals surface area contributed by atoms with Gasteiger partial charge in [0.05, 0.1) is 13.0 Å². The van der Waals surface area contributed by atoms with Gasteiger partial charge in [-0.2, -0.15) is 0 Å². The third-order valence-corrected chi connectivity index (χ3v) is 2.85. The highest BCUT2D eigenvalue weighted by Gasteiger charge is 2.42. The number of ether oxygens (including phenoxy) is 1. The molecule has 0 amide bonds. The first-order valence-corrected chi connectivity index (χ1v) is 5.55. The van der Waals surface area contributed by atoms with Gasteiger partial charge in [-0.25, -0.2) is 4.79 Å². The summed E-state index contributed by atoms with van der Waals surface area (Å²) in [4.78, 5) is 23.2. The summed E-state index contributed by atoms with van der Waals surface area (Å²) in [6, 6.07) is 0. The number of ketones is 1. The smallest absolute Gasteiger partial charge is 0.341 e. The first-order chi connectivity index (χ1) is 7.94. The van der Waals surface area contributed by atoms with Gasteiger partial charge in [-0.3, -0.25) is 4.79 Å². The number of Topliss-reactive ketones (excluding diaryl/α,β-unsaturated/α-hetero) is 1. The van der Waals surface area contributed by atoms with Crippen LogP contribution in [-0.2, 0) is 14.3 Å². The van der Waals surface area contributed by atoms with E-state index < -0.39 is 17.5 Å². The highest BCUT2D eigenvalue weighted by molar-refractivity contribution is 6.11. The summed E-state index contributed by atoms with van der Waals surface area (Å²) in [5, 5.41) is 17.7. The summed E-state index contributed by atoms with van der Waals surface area (Å²) < 4.78 is 4.49. The van der Waals surface area contributed by atoms with Gasteiger partial charge in [0.2, 0.25) is 0 Å².